The van der Waals surface area contributed by atoms with Crippen LogP contribution in [0.1, 0.15) is 21.2 Å². The minimum Gasteiger partial charge on any atom is -0.325 e. The van der Waals surface area contributed by atoms with E-state index in [4.69, 9.17) is 0 Å². The summed E-state index contributed by atoms with van der Waals surface area (Å²) in [6.45, 7) is -0.465. The third kappa shape index (κ3) is 4.57. The zero-order valence-electron chi connectivity index (χ0n) is 20.3. The zero-order chi connectivity index (χ0) is 28.2. The predicted molar refractivity (Wildman–Crippen MR) is 147 cm³/mol. The van der Waals surface area contributed by atoms with Crippen LogP contribution >= 0.6 is 34.4 Å². The number of aromatic nitrogens is 1. The molecule has 3 amide bonds. The van der Waals surface area contributed by atoms with Gasteiger partial charge in [0, 0.05) is 21.4 Å². The van der Waals surface area contributed by atoms with E-state index in [1.807, 2.05) is 17.5 Å². The number of thioether (sulfide) groups is 1. The zero-order valence-corrected chi connectivity index (χ0v) is 22.7. The first-order valence-corrected chi connectivity index (χ1v) is 14.5. The normalized spacial score (nSPS) is 20.4. The lowest BCUT2D eigenvalue weighted by atomic mass is 9.87. The molecule has 0 spiro atoms. The van der Waals surface area contributed by atoms with E-state index in [0.29, 0.717) is 15.6 Å². The number of amides is 3. The van der Waals surface area contributed by atoms with Crippen LogP contribution in [0.4, 0.5) is 24.5 Å². The molecule has 0 bridgehead atoms. The van der Waals surface area contributed by atoms with Crippen molar-refractivity contribution >= 4 is 63.5 Å². The summed E-state index contributed by atoms with van der Waals surface area (Å²) in [4.78, 5) is 55.4. The number of thiazole rings is 1. The second-order valence-corrected chi connectivity index (χ2v) is 12.3. The molecule has 3 atom stereocenters. The van der Waals surface area contributed by atoms with Gasteiger partial charge in [0.2, 0.25) is 17.7 Å². The molecule has 2 aliphatic heterocycles. The van der Waals surface area contributed by atoms with E-state index in [1.54, 1.807) is 30.3 Å². The van der Waals surface area contributed by atoms with Crippen LogP contribution in [0.15, 0.2) is 81.9 Å². The first kappa shape index (κ1) is 26.5. The van der Waals surface area contributed by atoms with Crippen molar-refractivity contribution in [2.45, 2.75) is 28.9 Å². The van der Waals surface area contributed by atoms with Gasteiger partial charge in [0.25, 0.3) is 0 Å². The Bertz CT molecular complexity index is 1680. The minimum atomic E-state index is -4.58. The third-order valence-electron chi connectivity index (χ3n) is 6.69. The Labute approximate surface area is 237 Å². The summed E-state index contributed by atoms with van der Waals surface area (Å²) in [5.74, 6) is -2.76. The van der Waals surface area contributed by atoms with Crippen LogP contribution in [-0.2, 0) is 27.1 Å². The van der Waals surface area contributed by atoms with Gasteiger partial charge in [-0.2, -0.15) is 13.2 Å². The molecular weight excluding hydrogens is 584 g/mol. The van der Waals surface area contributed by atoms with Crippen molar-refractivity contribution in [3.05, 3.63) is 97.1 Å². The van der Waals surface area contributed by atoms with Crippen LogP contribution in [-0.4, -0.2) is 27.5 Å². The molecule has 2 aliphatic rings. The molecule has 2 aromatic heterocycles. The molecule has 1 fully saturated rings. The molecule has 0 saturated carbocycles. The Morgan fingerprint density at radius 3 is 2.42 bits per heavy atom. The fourth-order valence-electron chi connectivity index (χ4n) is 4.98. The summed E-state index contributed by atoms with van der Waals surface area (Å²) in [5, 5.41) is 3.86. The van der Waals surface area contributed by atoms with E-state index in [-0.39, 0.29) is 11.6 Å². The van der Waals surface area contributed by atoms with Crippen molar-refractivity contribution in [2.75, 3.05) is 10.2 Å². The number of carbonyl (C=O) groups is 3. The molecular formula is C27H18F3N3O4S3. The Hall–Kier alpha value is -3.68. The number of thiophene rings is 1. The first-order valence-electron chi connectivity index (χ1n) is 12.0. The third-order valence-corrected chi connectivity index (χ3v) is 10.2. The predicted octanol–water partition coefficient (Wildman–Crippen LogP) is 5.42. The number of nitrogens with zero attached hydrogens (tertiary/aromatic N) is 2. The van der Waals surface area contributed by atoms with Crippen molar-refractivity contribution < 1.29 is 27.6 Å². The number of alkyl halides is 3. The fourth-order valence-corrected chi connectivity index (χ4v) is 8.70. The Morgan fingerprint density at radius 1 is 0.950 bits per heavy atom. The van der Waals surface area contributed by atoms with Gasteiger partial charge in [0.15, 0.2) is 0 Å². The average molecular weight is 602 g/mol. The molecule has 0 aliphatic carbocycles. The largest absolute Gasteiger partial charge is 0.416 e. The Balaban J connectivity index is 1.35. The highest BCUT2D eigenvalue weighted by atomic mass is 32.2. The quantitative estimate of drug-likeness (QED) is 0.309. The number of nitrogens with one attached hydrogen (secondary N) is 1. The molecule has 2 aromatic carbocycles. The highest BCUT2D eigenvalue weighted by Gasteiger charge is 2.57. The monoisotopic (exact) mass is 601 g/mol. The molecule has 13 heteroatoms. The molecule has 1 saturated heterocycles. The summed E-state index contributed by atoms with van der Waals surface area (Å²) < 4.78 is 40.5. The minimum absolute atomic E-state index is 0.0591. The van der Waals surface area contributed by atoms with Gasteiger partial charge in [0.05, 0.1) is 22.2 Å². The van der Waals surface area contributed by atoms with E-state index < -0.39 is 52.1 Å². The number of benzene rings is 2. The van der Waals surface area contributed by atoms with Crippen LogP contribution in [0.25, 0.3) is 0 Å². The molecule has 0 radical (unpaired) electrons. The van der Waals surface area contributed by atoms with Crippen molar-refractivity contribution in [1.82, 2.24) is 4.57 Å². The fraction of sp³-hybridized carbons (Fsp3) is 0.185. The summed E-state index contributed by atoms with van der Waals surface area (Å²) in [6.07, 6.45) is -4.58. The highest BCUT2D eigenvalue weighted by Crippen LogP contribution is 2.54. The van der Waals surface area contributed by atoms with Gasteiger partial charge >= 0.3 is 11.0 Å². The van der Waals surface area contributed by atoms with Gasteiger partial charge in [-0.1, -0.05) is 53.4 Å². The lowest BCUT2D eigenvalue weighted by Gasteiger charge is -2.29. The second-order valence-electron chi connectivity index (χ2n) is 9.16. The maximum atomic E-state index is 13.7. The molecule has 1 N–H and O–H groups in total. The first-order chi connectivity index (χ1) is 19.1. The van der Waals surface area contributed by atoms with Crippen LogP contribution in [0.5, 0.6) is 0 Å². The standard InChI is InChI=1S/C27H18F3N3O4S3/c28-27(29,30)14-6-4-7-15(12-14)31-18(34)13-32-25-22(40-26(32)37)19(17-10-5-11-38-17)20-21(39-25)24(36)33(23(20)35)16-8-2-1-3-9-16/h1-12,19-21H,13H2,(H,31,34)/t19-,20?,21?/m1/s1. The topological polar surface area (TPSA) is 88.5 Å². The van der Waals surface area contributed by atoms with Gasteiger partial charge in [-0.25, -0.2) is 4.90 Å². The summed E-state index contributed by atoms with van der Waals surface area (Å²) >= 11 is 3.40. The maximum Gasteiger partial charge on any atom is 0.416 e. The highest BCUT2D eigenvalue weighted by molar-refractivity contribution is 8.00. The van der Waals surface area contributed by atoms with E-state index in [9.17, 15) is 32.3 Å². The number of hydrogen-bond acceptors (Lipinski definition) is 7. The van der Waals surface area contributed by atoms with Crippen molar-refractivity contribution in [1.29, 1.82) is 0 Å². The number of rotatable bonds is 5. The lowest BCUT2D eigenvalue weighted by molar-refractivity contribution is -0.137. The van der Waals surface area contributed by atoms with E-state index in [2.05, 4.69) is 5.32 Å². The lowest BCUT2D eigenvalue weighted by Crippen LogP contribution is -2.32. The molecule has 2 unspecified atom stereocenters. The Morgan fingerprint density at radius 2 is 1.73 bits per heavy atom. The van der Waals surface area contributed by atoms with Crippen LogP contribution < -0.4 is 15.1 Å². The number of carbonyl (C=O) groups excluding carboxylic acids is 3. The molecule has 6 rings (SSSR count). The van der Waals surface area contributed by atoms with E-state index >= 15 is 0 Å². The van der Waals surface area contributed by atoms with Gasteiger partial charge in [0.1, 0.15) is 11.8 Å². The van der Waals surface area contributed by atoms with Crippen LogP contribution in [0.3, 0.4) is 0 Å². The van der Waals surface area contributed by atoms with E-state index in [0.717, 1.165) is 40.1 Å². The average Bonchev–Trinajstić information content (AvgIpc) is 3.62. The van der Waals surface area contributed by atoms with E-state index in [1.165, 1.54) is 32.9 Å². The number of imide groups is 1. The molecule has 4 heterocycles. The smallest absolute Gasteiger partial charge is 0.325 e. The second kappa shape index (κ2) is 10.1. The number of halogens is 3. The summed E-state index contributed by atoms with van der Waals surface area (Å²) in [7, 11) is 0. The van der Waals surface area contributed by atoms with Gasteiger partial charge < -0.3 is 5.32 Å². The number of fused-ring (bicyclic) bond motifs is 2. The Kier molecular flexibility index (Phi) is 6.67. The number of hydrogen-bond donors (Lipinski definition) is 1. The van der Waals surface area contributed by atoms with Crippen molar-refractivity contribution in [3.63, 3.8) is 0 Å². The van der Waals surface area contributed by atoms with Gasteiger partial charge in [-0.3, -0.25) is 23.7 Å². The van der Waals surface area contributed by atoms with Crippen LogP contribution in [0, 0.1) is 5.92 Å². The molecule has 204 valence electrons. The van der Waals surface area contributed by atoms with Gasteiger partial charge in [-0.15, -0.1) is 11.3 Å². The number of para-hydroxylation sites is 1. The maximum absolute atomic E-state index is 13.7. The van der Waals surface area contributed by atoms with Crippen LogP contribution in [0.2, 0.25) is 0 Å². The van der Waals surface area contributed by atoms with Crippen molar-refractivity contribution in [2.24, 2.45) is 5.92 Å². The molecule has 7 nitrogen and oxygen atoms in total. The molecule has 4 aromatic rings. The molecule has 40 heavy (non-hydrogen) atoms. The summed E-state index contributed by atoms with van der Waals surface area (Å²) in [6, 6.07) is 16.5. The number of anilines is 2. The van der Waals surface area contributed by atoms with Crippen molar-refractivity contribution in [3.8, 4) is 0 Å². The van der Waals surface area contributed by atoms with Gasteiger partial charge in [-0.05, 0) is 41.8 Å². The SMILES string of the molecule is O=C(Cn1c2c(sc1=O)[C@H](c1cccs1)C1C(=O)N(c3ccccc3)C(=O)C1S2)Nc1cccc(C(F)(F)F)c1. The summed E-state index contributed by atoms with van der Waals surface area (Å²) in [5.41, 5.74) is -0.516.